The molecule has 5 rings (SSSR count). The van der Waals surface area contributed by atoms with E-state index in [1.54, 1.807) is 11.1 Å². The van der Waals surface area contributed by atoms with Crippen LogP contribution >= 0.6 is 0 Å². The van der Waals surface area contributed by atoms with Gasteiger partial charge in [0.05, 0.1) is 29.7 Å². The lowest BCUT2D eigenvalue weighted by atomic mass is 10.1. The molecule has 4 aromatic rings. The van der Waals surface area contributed by atoms with Gasteiger partial charge in [-0.05, 0) is 49.7 Å². The van der Waals surface area contributed by atoms with Gasteiger partial charge in [-0.25, -0.2) is 4.98 Å². The van der Waals surface area contributed by atoms with Crippen molar-refractivity contribution in [2.45, 2.75) is 32.9 Å². The number of carbonyl (C=O) groups excluding carboxylic acids is 2. The summed E-state index contributed by atoms with van der Waals surface area (Å²) in [7, 11) is 0. The van der Waals surface area contributed by atoms with Crippen molar-refractivity contribution in [2.24, 2.45) is 0 Å². The number of rotatable bonds is 5. The average Bonchev–Trinajstić information content (AvgIpc) is 3.27. The smallest absolute Gasteiger partial charge is 0.253 e. The zero-order valence-electron chi connectivity index (χ0n) is 17.9. The molecule has 1 atom stereocenters. The summed E-state index contributed by atoms with van der Waals surface area (Å²) in [5, 5.41) is 2.96. The number of amides is 2. The van der Waals surface area contributed by atoms with Crippen LogP contribution in [0.25, 0.3) is 11.0 Å². The van der Waals surface area contributed by atoms with E-state index in [0.717, 1.165) is 33.5 Å². The number of hydrogen-bond acceptors (Lipinski definition) is 4. The Morgan fingerprint density at radius 3 is 2.66 bits per heavy atom. The van der Waals surface area contributed by atoms with E-state index in [1.165, 1.54) is 0 Å². The van der Waals surface area contributed by atoms with Crippen molar-refractivity contribution in [1.82, 2.24) is 14.5 Å². The first-order valence-corrected chi connectivity index (χ1v) is 10.6. The van der Waals surface area contributed by atoms with Gasteiger partial charge in [0.25, 0.3) is 5.91 Å². The molecule has 0 fully saturated rings. The summed E-state index contributed by atoms with van der Waals surface area (Å²) >= 11 is 0. The van der Waals surface area contributed by atoms with E-state index >= 15 is 0 Å². The van der Waals surface area contributed by atoms with Crippen LogP contribution in [0, 0.1) is 13.8 Å². The maximum absolute atomic E-state index is 13.4. The van der Waals surface area contributed by atoms with Crippen molar-refractivity contribution < 1.29 is 9.59 Å². The normalized spacial score (nSPS) is 15.2. The van der Waals surface area contributed by atoms with Gasteiger partial charge in [-0.1, -0.05) is 35.9 Å². The fraction of sp³-hybridized carbons (Fsp3) is 0.200. The van der Waals surface area contributed by atoms with Crippen LogP contribution in [0.5, 0.6) is 0 Å². The van der Waals surface area contributed by atoms with Crippen molar-refractivity contribution in [3.63, 3.8) is 0 Å². The highest BCUT2D eigenvalue weighted by Gasteiger charge is 2.41. The Bertz CT molecular complexity index is 1330. The number of aryl methyl sites for hydroxylation is 2. The lowest BCUT2D eigenvalue weighted by Gasteiger charge is -2.16. The number of hydrogen-bond donors (Lipinski definition) is 1. The first-order valence-electron chi connectivity index (χ1n) is 10.6. The number of imidazole rings is 1. The zero-order valence-corrected chi connectivity index (χ0v) is 17.9. The molecule has 160 valence electrons. The lowest BCUT2D eigenvalue weighted by molar-refractivity contribution is -0.124. The van der Waals surface area contributed by atoms with Gasteiger partial charge < -0.3 is 5.32 Å². The van der Waals surface area contributed by atoms with Gasteiger partial charge in [-0.15, -0.1) is 0 Å². The second-order valence-corrected chi connectivity index (χ2v) is 8.10. The number of fused-ring (bicyclic) bond motifs is 3. The largest absolute Gasteiger partial charge is 0.326 e. The number of para-hydroxylation sites is 2. The maximum atomic E-state index is 13.4. The second-order valence-electron chi connectivity index (χ2n) is 8.10. The molecule has 7 heteroatoms. The van der Waals surface area contributed by atoms with E-state index in [0.29, 0.717) is 12.5 Å². The molecule has 1 aliphatic rings. The fourth-order valence-electron chi connectivity index (χ4n) is 4.23. The topological polar surface area (TPSA) is 80.1 Å². The van der Waals surface area contributed by atoms with Crippen LogP contribution in [0.1, 0.15) is 29.3 Å². The number of nitrogens with zero attached hydrogens (tertiary/aromatic N) is 4. The molecule has 0 bridgehead atoms. The van der Waals surface area contributed by atoms with Gasteiger partial charge in [-0.3, -0.25) is 24.0 Å². The lowest BCUT2D eigenvalue weighted by Crippen LogP contribution is -2.31. The molecule has 7 nitrogen and oxygen atoms in total. The molecular weight excluding hydrogens is 402 g/mol. The summed E-state index contributed by atoms with van der Waals surface area (Å²) in [5.41, 5.74) is 5.27. The highest BCUT2D eigenvalue weighted by molar-refractivity contribution is 6.05. The van der Waals surface area contributed by atoms with E-state index in [-0.39, 0.29) is 18.2 Å². The number of aromatic nitrogens is 3. The summed E-state index contributed by atoms with van der Waals surface area (Å²) in [6.45, 7) is 4.27. The fourth-order valence-corrected chi connectivity index (χ4v) is 4.23. The van der Waals surface area contributed by atoms with E-state index in [9.17, 15) is 9.59 Å². The van der Waals surface area contributed by atoms with Crippen molar-refractivity contribution in [3.8, 4) is 0 Å². The summed E-state index contributed by atoms with van der Waals surface area (Å²) < 4.78 is 1.88. The molecule has 32 heavy (non-hydrogen) atoms. The third-order valence-electron chi connectivity index (χ3n) is 5.76. The van der Waals surface area contributed by atoms with Crippen LogP contribution in [-0.4, -0.2) is 26.3 Å². The number of anilines is 2. The first kappa shape index (κ1) is 19.9. The van der Waals surface area contributed by atoms with E-state index < -0.39 is 6.04 Å². The minimum atomic E-state index is -0.660. The van der Waals surface area contributed by atoms with Gasteiger partial charge >= 0.3 is 0 Å². The standard InChI is InChI=1S/C25H23N5O2/c1-16-10-11-19(17(2)13-16)27-23(31)14-22-24(32)29(15-18-7-5-6-12-26-18)25-28-20-8-3-4-9-21(20)30(22)25/h3-13,22H,14-15H2,1-2H3,(H,27,31)/t22-/m0/s1. The molecule has 2 aromatic carbocycles. The van der Waals surface area contributed by atoms with E-state index in [1.807, 2.05) is 79.1 Å². The summed E-state index contributed by atoms with van der Waals surface area (Å²) in [4.78, 5) is 37.1. The monoisotopic (exact) mass is 425 g/mol. The van der Waals surface area contributed by atoms with Gasteiger partial charge in [-0.2, -0.15) is 0 Å². The SMILES string of the molecule is Cc1ccc(NC(=O)C[C@H]2C(=O)N(Cc3ccccn3)c3nc4ccccc4n32)c(C)c1. The predicted molar refractivity (Wildman–Crippen MR) is 123 cm³/mol. The molecule has 0 unspecified atom stereocenters. The third kappa shape index (κ3) is 3.51. The second kappa shape index (κ2) is 7.92. The molecule has 0 spiro atoms. The molecule has 3 heterocycles. The first-order chi connectivity index (χ1) is 15.5. The Balaban J connectivity index is 1.47. The van der Waals surface area contributed by atoms with Gasteiger partial charge in [0.1, 0.15) is 6.04 Å². The number of benzene rings is 2. The Morgan fingerprint density at radius 1 is 1.06 bits per heavy atom. The van der Waals surface area contributed by atoms with Crippen molar-refractivity contribution in [1.29, 1.82) is 0 Å². The maximum Gasteiger partial charge on any atom is 0.253 e. The highest BCUT2D eigenvalue weighted by atomic mass is 16.2. The minimum Gasteiger partial charge on any atom is -0.326 e. The van der Waals surface area contributed by atoms with Crippen LogP contribution < -0.4 is 10.2 Å². The molecule has 0 saturated carbocycles. The molecule has 2 amide bonds. The zero-order chi connectivity index (χ0) is 22.2. The van der Waals surface area contributed by atoms with Crippen LogP contribution in [0.3, 0.4) is 0 Å². The summed E-state index contributed by atoms with van der Waals surface area (Å²) in [6, 6.07) is 18.5. The van der Waals surface area contributed by atoms with Crippen LogP contribution in [0.15, 0.2) is 66.9 Å². The van der Waals surface area contributed by atoms with Gasteiger partial charge in [0.2, 0.25) is 11.9 Å². The molecule has 2 aromatic heterocycles. The molecular formula is C25H23N5O2. The number of carbonyl (C=O) groups is 2. The Kier molecular flexibility index (Phi) is 4.93. The highest BCUT2D eigenvalue weighted by Crippen LogP contribution is 2.37. The molecule has 0 radical (unpaired) electrons. The van der Waals surface area contributed by atoms with Gasteiger partial charge in [0.15, 0.2) is 0 Å². The Hall–Kier alpha value is -4.00. The third-order valence-corrected chi connectivity index (χ3v) is 5.76. The van der Waals surface area contributed by atoms with E-state index in [4.69, 9.17) is 4.98 Å². The molecule has 1 aliphatic heterocycles. The predicted octanol–water partition coefficient (Wildman–Crippen LogP) is 4.16. The van der Waals surface area contributed by atoms with Crippen LogP contribution in [-0.2, 0) is 16.1 Å². The van der Waals surface area contributed by atoms with Gasteiger partial charge in [0, 0.05) is 11.9 Å². The number of nitrogens with one attached hydrogen (secondary N) is 1. The average molecular weight is 425 g/mol. The Morgan fingerprint density at radius 2 is 1.88 bits per heavy atom. The van der Waals surface area contributed by atoms with Crippen molar-refractivity contribution in [2.75, 3.05) is 10.2 Å². The van der Waals surface area contributed by atoms with E-state index in [2.05, 4.69) is 10.3 Å². The molecule has 0 saturated heterocycles. The summed E-state index contributed by atoms with van der Waals surface area (Å²) in [5.74, 6) is 0.185. The minimum absolute atomic E-state index is 0.0260. The molecule has 1 N–H and O–H groups in total. The van der Waals surface area contributed by atoms with Crippen LogP contribution in [0.2, 0.25) is 0 Å². The van der Waals surface area contributed by atoms with Crippen molar-refractivity contribution in [3.05, 3.63) is 83.7 Å². The van der Waals surface area contributed by atoms with Crippen LogP contribution in [0.4, 0.5) is 11.6 Å². The number of pyridine rings is 1. The quantitative estimate of drug-likeness (QED) is 0.521. The Labute approximate surface area is 185 Å². The summed E-state index contributed by atoms with van der Waals surface area (Å²) in [6.07, 6.45) is 1.73. The van der Waals surface area contributed by atoms with Crippen molar-refractivity contribution >= 4 is 34.5 Å². The molecule has 0 aliphatic carbocycles.